The number of methoxy groups -OCH3 is 1. The number of amides is 2. The molecule has 1 fully saturated rings. The molecule has 1 aliphatic heterocycles. The molecule has 0 atom stereocenters. The van der Waals surface area contributed by atoms with E-state index in [2.05, 4.69) is 0 Å². The van der Waals surface area contributed by atoms with Crippen LogP contribution in [0.2, 0.25) is 0 Å². The fraction of sp³-hybridized carbons (Fsp3) is 0.103. The Kier molecular flexibility index (Phi) is 7.10. The summed E-state index contributed by atoms with van der Waals surface area (Å²) >= 11 is 0.908. The second-order valence-electron chi connectivity index (χ2n) is 8.53. The number of nitro groups is 1. The van der Waals surface area contributed by atoms with Crippen LogP contribution in [-0.4, -0.2) is 28.1 Å². The van der Waals surface area contributed by atoms with Crippen molar-refractivity contribution in [2.45, 2.75) is 13.2 Å². The van der Waals surface area contributed by atoms with Crippen molar-refractivity contribution in [3.8, 4) is 11.5 Å². The quantitative estimate of drug-likeness (QED) is 0.145. The average molecular weight is 527 g/mol. The summed E-state index contributed by atoms with van der Waals surface area (Å²) < 4.78 is 11.3. The molecule has 1 aliphatic rings. The largest absolute Gasteiger partial charge is 0.493 e. The number of thioether (sulfide) groups is 1. The third kappa shape index (κ3) is 5.23. The Morgan fingerprint density at radius 2 is 1.71 bits per heavy atom. The number of nitro benzene ring substituents is 1. The minimum atomic E-state index is -0.454. The van der Waals surface area contributed by atoms with Crippen molar-refractivity contribution < 1.29 is 24.0 Å². The van der Waals surface area contributed by atoms with E-state index in [-0.39, 0.29) is 30.0 Å². The van der Waals surface area contributed by atoms with Gasteiger partial charge in [-0.2, -0.15) is 0 Å². The van der Waals surface area contributed by atoms with Crippen LogP contribution in [0.4, 0.5) is 10.5 Å². The maximum Gasteiger partial charge on any atom is 0.293 e. The lowest BCUT2D eigenvalue weighted by molar-refractivity contribution is -0.384. The molecular weight excluding hydrogens is 504 g/mol. The van der Waals surface area contributed by atoms with Crippen molar-refractivity contribution in [2.75, 3.05) is 7.11 Å². The molecular formula is C29H22N2O6S. The normalized spacial score (nSPS) is 14.3. The number of hydrogen-bond donors (Lipinski definition) is 0. The van der Waals surface area contributed by atoms with Gasteiger partial charge in [-0.15, -0.1) is 0 Å². The lowest BCUT2D eigenvalue weighted by atomic mass is 10.0. The molecule has 0 aliphatic carbocycles. The first-order chi connectivity index (χ1) is 18.4. The standard InChI is InChI=1S/C29H22N2O6S/c1-36-26-15-20(11-14-25(26)37-18-19-9-12-23(13-10-19)31(34)35)16-27-28(32)30(29(33)38-27)17-22-7-4-6-21-5-2-3-8-24(21)22/h2-16H,17-18H2,1H3/b27-16-. The van der Waals surface area contributed by atoms with Crippen LogP contribution in [-0.2, 0) is 17.9 Å². The number of ether oxygens (including phenoxy) is 2. The predicted molar refractivity (Wildman–Crippen MR) is 146 cm³/mol. The van der Waals surface area contributed by atoms with Crippen LogP contribution in [0.1, 0.15) is 16.7 Å². The summed E-state index contributed by atoms with van der Waals surface area (Å²) in [5.74, 6) is 0.591. The molecule has 190 valence electrons. The zero-order valence-corrected chi connectivity index (χ0v) is 21.1. The molecule has 0 radical (unpaired) electrons. The van der Waals surface area contributed by atoms with Crippen molar-refractivity contribution in [3.05, 3.63) is 117 Å². The van der Waals surface area contributed by atoms with Crippen LogP contribution in [0, 0.1) is 10.1 Å². The summed E-state index contributed by atoms with van der Waals surface area (Å²) in [5, 5.41) is 12.6. The fourth-order valence-corrected chi connectivity index (χ4v) is 4.99. The van der Waals surface area contributed by atoms with Gasteiger partial charge in [0.2, 0.25) is 0 Å². The van der Waals surface area contributed by atoms with Crippen LogP contribution in [0.25, 0.3) is 16.8 Å². The van der Waals surface area contributed by atoms with Gasteiger partial charge >= 0.3 is 0 Å². The van der Waals surface area contributed by atoms with Crippen LogP contribution in [0.5, 0.6) is 11.5 Å². The second kappa shape index (κ2) is 10.8. The van der Waals surface area contributed by atoms with Crippen LogP contribution in [0.3, 0.4) is 0 Å². The Labute approximate surface area is 222 Å². The van der Waals surface area contributed by atoms with Crippen LogP contribution in [0.15, 0.2) is 89.8 Å². The van der Waals surface area contributed by atoms with Gasteiger partial charge in [0, 0.05) is 12.1 Å². The van der Waals surface area contributed by atoms with E-state index in [4.69, 9.17) is 9.47 Å². The highest BCUT2D eigenvalue weighted by atomic mass is 32.2. The Bertz CT molecular complexity index is 1580. The third-order valence-corrected chi connectivity index (χ3v) is 7.02. The highest BCUT2D eigenvalue weighted by Crippen LogP contribution is 2.36. The number of carbonyl (C=O) groups is 2. The highest BCUT2D eigenvalue weighted by Gasteiger charge is 2.35. The maximum absolute atomic E-state index is 13.1. The lowest BCUT2D eigenvalue weighted by Gasteiger charge is -2.14. The number of rotatable bonds is 8. The highest BCUT2D eigenvalue weighted by molar-refractivity contribution is 8.18. The first-order valence-electron chi connectivity index (χ1n) is 11.7. The van der Waals surface area contributed by atoms with E-state index in [0.29, 0.717) is 22.0 Å². The molecule has 4 aromatic rings. The third-order valence-electron chi connectivity index (χ3n) is 6.11. The van der Waals surface area contributed by atoms with E-state index < -0.39 is 4.92 Å². The fourth-order valence-electron chi connectivity index (χ4n) is 4.16. The van der Waals surface area contributed by atoms with Crippen LogP contribution >= 0.6 is 11.8 Å². The zero-order valence-electron chi connectivity index (χ0n) is 20.3. The Balaban J connectivity index is 1.30. The smallest absolute Gasteiger partial charge is 0.293 e. The van der Waals surface area contributed by atoms with E-state index in [9.17, 15) is 19.7 Å². The van der Waals surface area contributed by atoms with Crippen molar-refractivity contribution in [1.29, 1.82) is 0 Å². The monoisotopic (exact) mass is 526 g/mol. The van der Waals surface area contributed by atoms with Crippen molar-refractivity contribution in [1.82, 2.24) is 4.90 Å². The minimum Gasteiger partial charge on any atom is -0.493 e. The lowest BCUT2D eigenvalue weighted by Crippen LogP contribution is -2.27. The first kappa shape index (κ1) is 25.0. The van der Waals surface area contributed by atoms with E-state index >= 15 is 0 Å². The average Bonchev–Trinajstić information content (AvgIpc) is 3.19. The Hall–Kier alpha value is -4.63. The number of benzene rings is 4. The molecule has 0 aromatic heterocycles. The number of hydrogen-bond acceptors (Lipinski definition) is 7. The van der Waals surface area contributed by atoms with Gasteiger partial charge < -0.3 is 9.47 Å². The van der Waals surface area contributed by atoms with E-state index in [0.717, 1.165) is 33.7 Å². The number of imide groups is 1. The van der Waals surface area contributed by atoms with E-state index in [1.165, 1.54) is 24.1 Å². The minimum absolute atomic E-state index is 0.0113. The van der Waals surface area contributed by atoms with Gasteiger partial charge in [0.1, 0.15) is 6.61 Å². The van der Waals surface area contributed by atoms with Gasteiger partial charge in [0.25, 0.3) is 16.8 Å². The molecule has 0 unspecified atom stereocenters. The van der Waals surface area contributed by atoms with Crippen molar-refractivity contribution in [2.24, 2.45) is 0 Å². The summed E-state index contributed by atoms with van der Waals surface area (Å²) in [6.07, 6.45) is 1.66. The SMILES string of the molecule is COc1cc(/C=C2\SC(=O)N(Cc3cccc4ccccc34)C2=O)ccc1OCc1ccc([N+](=O)[O-])cc1. The Morgan fingerprint density at radius 1 is 0.947 bits per heavy atom. The maximum atomic E-state index is 13.1. The van der Waals surface area contributed by atoms with E-state index in [1.807, 2.05) is 42.5 Å². The van der Waals surface area contributed by atoms with Gasteiger partial charge in [-0.05, 0) is 69.6 Å². The Morgan fingerprint density at radius 3 is 2.47 bits per heavy atom. The summed E-state index contributed by atoms with van der Waals surface area (Å²) in [7, 11) is 1.51. The number of fused-ring (bicyclic) bond motifs is 1. The number of non-ortho nitro benzene ring substituents is 1. The second-order valence-corrected chi connectivity index (χ2v) is 9.52. The van der Waals surface area contributed by atoms with Crippen LogP contribution < -0.4 is 9.47 Å². The van der Waals surface area contributed by atoms with Gasteiger partial charge in [0.05, 0.1) is 23.5 Å². The zero-order chi connectivity index (χ0) is 26.6. The van der Waals surface area contributed by atoms with Crippen molar-refractivity contribution in [3.63, 3.8) is 0 Å². The molecule has 38 heavy (non-hydrogen) atoms. The van der Waals surface area contributed by atoms with Gasteiger partial charge in [-0.3, -0.25) is 24.6 Å². The summed E-state index contributed by atoms with van der Waals surface area (Å²) in [5.41, 5.74) is 2.36. The van der Waals surface area contributed by atoms with Gasteiger partial charge in [0.15, 0.2) is 11.5 Å². The summed E-state index contributed by atoms with van der Waals surface area (Å²) in [6.45, 7) is 0.392. The molecule has 0 saturated carbocycles. The van der Waals surface area contributed by atoms with Gasteiger partial charge in [-0.1, -0.05) is 48.5 Å². The molecule has 0 spiro atoms. The molecule has 2 amide bonds. The topological polar surface area (TPSA) is 99.0 Å². The molecule has 5 rings (SSSR count). The molecule has 1 saturated heterocycles. The number of carbonyl (C=O) groups excluding carboxylic acids is 2. The molecule has 8 nitrogen and oxygen atoms in total. The van der Waals surface area contributed by atoms with Gasteiger partial charge in [-0.25, -0.2) is 0 Å². The molecule has 0 bridgehead atoms. The molecule has 0 N–H and O–H groups in total. The summed E-state index contributed by atoms with van der Waals surface area (Å²) in [4.78, 5) is 37.8. The predicted octanol–water partition coefficient (Wildman–Crippen LogP) is 6.57. The van der Waals surface area contributed by atoms with E-state index in [1.54, 1.807) is 36.4 Å². The summed E-state index contributed by atoms with van der Waals surface area (Å²) in [6, 6.07) is 25.0. The molecule has 4 aromatic carbocycles. The molecule has 9 heteroatoms. The first-order valence-corrected chi connectivity index (χ1v) is 12.5. The molecule has 1 heterocycles. The van der Waals surface area contributed by atoms with Crippen molar-refractivity contribution >= 4 is 45.4 Å². The number of nitrogens with zero attached hydrogens (tertiary/aromatic N) is 2.